The van der Waals surface area contributed by atoms with Gasteiger partial charge in [0.2, 0.25) is 6.41 Å². The Morgan fingerprint density at radius 3 is 1.70 bits per heavy atom. The number of benzene rings is 3. The zero-order valence-electron chi connectivity index (χ0n) is 24.8. The monoisotopic (exact) mass is 549 g/mol. The fourth-order valence-corrected chi connectivity index (χ4v) is 3.02. The Morgan fingerprint density at radius 2 is 1.27 bits per heavy atom. The topological polar surface area (TPSA) is 79.0 Å². The first-order valence-electron chi connectivity index (χ1n) is 13.8. The van der Waals surface area contributed by atoms with Crippen LogP contribution in [0.3, 0.4) is 0 Å². The normalized spacial score (nSPS) is 11.8. The van der Waals surface area contributed by atoms with Gasteiger partial charge < -0.3 is 24.6 Å². The molecule has 0 aliphatic carbocycles. The van der Waals surface area contributed by atoms with Crippen LogP contribution >= 0.6 is 0 Å². The van der Waals surface area contributed by atoms with Gasteiger partial charge in [0.05, 0.1) is 0 Å². The van der Waals surface area contributed by atoms with Crippen molar-refractivity contribution in [2.45, 2.75) is 33.8 Å². The summed E-state index contributed by atoms with van der Waals surface area (Å²) in [6.07, 6.45) is 3.18. The fourth-order valence-electron chi connectivity index (χ4n) is 3.02. The second-order valence-electron chi connectivity index (χ2n) is 8.47. The summed E-state index contributed by atoms with van der Waals surface area (Å²) < 4.78 is 5.58. The van der Waals surface area contributed by atoms with Gasteiger partial charge in [-0.2, -0.15) is 0 Å². The number of nitrogens with zero attached hydrogens (tertiary/aromatic N) is 2. The molecule has 4 rings (SSSR count). The minimum Gasteiger partial charge on any atom is -0.489 e. The van der Waals surface area contributed by atoms with E-state index in [9.17, 15) is 14.4 Å². The van der Waals surface area contributed by atoms with Crippen LogP contribution in [0.1, 0.15) is 42.3 Å². The molecule has 1 fully saturated rings. The number of aldehydes is 2. The number of hydrogen-bond acceptors (Lipinski definition) is 6. The van der Waals surface area contributed by atoms with Crippen molar-refractivity contribution >= 4 is 19.0 Å². The quantitative estimate of drug-likeness (QED) is 0.392. The molecule has 0 saturated carbocycles. The number of amides is 1. The van der Waals surface area contributed by atoms with Gasteiger partial charge in [0, 0.05) is 38.2 Å². The Hall–Kier alpha value is -3.81. The van der Waals surface area contributed by atoms with Gasteiger partial charge in [-0.1, -0.05) is 81.4 Å². The molecule has 0 bridgehead atoms. The molecule has 1 aliphatic rings. The summed E-state index contributed by atoms with van der Waals surface area (Å²) in [6.45, 7) is 11.5. The van der Waals surface area contributed by atoms with E-state index in [-0.39, 0.29) is 0 Å². The Morgan fingerprint density at radius 1 is 0.775 bits per heavy atom. The first-order valence-corrected chi connectivity index (χ1v) is 13.8. The number of piperazine rings is 1. The highest BCUT2D eigenvalue weighted by atomic mass is 16.5. The second-order valence-corrected chi connectivity index (χ2v) is 8.47. The summed E-state index contributed by atoms with van der Waals surface area (Å²) >= 11 is 0. The van der Waals surface area contributed by atoms with Crippen LogP contribution in [0.5, 0.6) is 5.75 Å². The first kappa shape index (κ1) is 36.2. The molecular weight excluding hydrogens is 502 g/mol. The minimum absolute atomic E-state index is 0.529. The zero-order chi connectivity index (χ0) is 29.8. The second kappa shape index (κ2) is 25.5. The summed E-state index contributed by atoms with van der Waals surface area (Å²) in [5.74, 6) is 0.773. The summed E-state index contributed by atoms with van der Waals surface area (Å²) in [5, 5.41) is 2.93. The molecule has 1 aliphatic heterocycles. The largest absolute Gasteiger partial charge is 0.489 e. The van der Waals surface area contributed by atoms with Gasteiger partial charge >= 0.3 is 0 Å². The molecule has 218 valence electrons. The van der Waals surface area contributed by atoms with Crippen molar-refractivity contribution in [2.24, 2.45) is 0 Å². The van der Waals surface area contributed by atoms with Crippen LogP contribution in [0.2, 0.25) is 0 Å². The number of ether oxygens (including phenoxy) is 1. The highest BCUT2D eigenvalue weighted by molar-refractivity contribution is 5.74. The van der Waals surface area contributed by atoms with Crippen LogP contribution in [0.15, 0.2) is 84.9 Å². The van der Waals surface area contributed by atoms with Crippen molar-refractivity contribution in [2.75, 3.05) is 46.8 Å². The van der Waals surface area contributed by atoms with E-state index in [2.05, 4.69) is 24.2 Å². The van der Waals surface area contributed by atoms with Crippen molar-refractivity contribution in [3.8, 4) is 5.75 Å². The highest BCUT2D eigenvalue weighted by Crippen LogP contribution is 2.13. The molecule has 7 heteroatoms. The van der Waals surface area contributed by atoms with Gasteiger partial charge in [-0.15, -0.1) is 0 Å². The number of rotatable bonds is 8. The Kier molecular flexibility index (Phi) is 23.0. The van der Waals surface area contributed by atoms with Gasteiger partial charge in [-0.05, 0) is 56.0 Å². The molecule has 0 atom stereocenters. The summed E-state index contributed by atoms with van der Waals surface area (Å²) in [5.41, 5.74) is 2.86. The molecule has 1 saturated heterocycles. The van der Waals surface area contributed by atoms with E-state index in [4.69, 9.17) is 4.74 Å². The highest BCUT2D eigenvalue weighted by Gasteiger charge is 2.10. The number of hydrogen-bond donors (Lipinski definition) is 1. The lowest BCUT2D eigenvalue weighted by Gasteiger charge is -2.29. The molecule has 3 aromatic rings. The molecule has 0 aromatic heterocycles. The van der Waals surface area contributed by atoms with E-state index in [0.29, 0.717) is 18.6 Å². The van der Waals surface area contributed by atoms with Gasteiger partial charge in [0.25, 0.3) is 0 Å². The third-order valence-corrected chi connectivity index (χ3v) is 5.47. The molecule has 40 heavy (non-hydrogen) atoms. The fraction of sp³-hybridized carbons (Fsp3) is 0.364. The van der Waals surface area contributed by atoms with E-state index in [0.717, 1.165) is 68.6 Å². The molecule has 0 unspecified atom stereocenters. The molecule has 1 amide bonds. The summed E-state index contributed by atoms with van der Waals surface area (Å²) in [7, 11) is 4.00. The van der Waals surface area contributed by atoms with Crippen LogP contribution in [-0.2, 0) is 22.6 Å². The average molecular weight is 550 g/mol. The third kappa shape index (κ3) is 18.4. The Bertz CT molecular complexity index is 989. The molecule has 1 heterocycles. The predicted octanol–water partition coefficient (Wildman–Crippen LogP) is 5.15. The molecule has 7 nitrogen and oxygen atoms in total. The van der Waals surface area contributed by atoms with Gasteiger partial charge in [-0.3, -0.25) is 9.59 Å². The Labute approximate surface area is 241 Å². The van der Waals surface area contributed by atoms with E-state index in [1.54, 1.807) is 29.2 Å². The third-order valence-electron chi connectivity index (χ3n) is 5.47. The SMILES string of the molecule is CC.CCNC.CN1CCN(C=O)CC1.O=CCc1ccccc1.O=Cc1ccc(OCc2ccccc2)cc1. The molecule has 3 aromatic carbocycles. The van der Waals surface area contributed by atoms with Gasteiger partial charge in [0.1, 0.15) is 24.9 Å². The van der Waals surface area contributed by atoms with Crippen molar-refractivity contribution in [3.63, 3.8) is 0 Å². The number of carbonyl (C=O) groups excluding carboxylic acids is 3. The molecule has 1 N–H and O–H groups in total. The lowest BCUT2D eigenvalue weighted by atomic mass is 10.2. The molecule has 0 spiro atoms. The maximum Gasteiger partial charge on any atom is 0.209 e. The van der Waals surface area contributed by atoms with Crippen LogP contribution in [0, 0.1) is 0 Å². The van der Waals surface area contributed by atoms with Crippen molar-refractivity contribution in [3.05, 3.63) is 102 Å². The summed E-state index contributed by atoms with van der Waals surface area (Å²) in [6, 6.07) is 26.7. The Balaban J connectivity index is 0.000000545. The minimum atomic E-state index is 0.529. The van der Waals surface area contributed by atoms with Crippen molar-refractivity contribution in [1.82, 2.24) is 15.1 Å². The van der Waals surface area contributed by atoms with Crippen LogP contribution in [-0.4, -0.2) is 75.6 Å². The van der Waals surface area contributed by atoms with Crippen LogP contribution in [0.25, 0.3) is 0 Å². The van der Waals surface area contributed by atoms with Gasteiger partial charge in [0.15, 0.2) is 0 Å². The summed E-state index contributed by atoms with van der Waals surface area (Å²) in [4.78, 5) is 34.6. The number of carbonyl (C=O) groups is 3. The first-order chi connectivity index (χ1) is 19.6. The van der Waals surface area contributed by atoms with Crippen molar-refractivity contribution in [1.29, 1.82) is 0 Å². The van der Waals surface area contributed by atoms with E-state index < -0.39 is 0 Å². The van der Waals surface area contributed by atoms with Crippen LogP contribution in [0.4, 0.5) is 0 Å². The zero-order valence-corrected chi connectivity index (χ0v) is 24.8. The predicted molar refractivity (Wildman–Crippen MR) is 165 cm³/mol. The lowest BCUT2D eigenvalue weighted by molar-refractivity contribution is -0.119. The average Bonchev–Trinajstić information content (AvgIpc) is 3.03. The molecule has 0 radical (unpaired) electrons. The van der Waals surface area contributed by atoms with E-state index >= 15 is 0 Å². The smallest absolute Gasteiger partial charge is 0.209 e. The van der Waals surface area contributed by atoms with Crippen LogP contribution < -0.4 is 10.1 Å². The van der Waals surface area contributed by atoms with Gasteiger partial charge in [-0.25, -0.2) is 0 Å². The molecular formula is C33H47N3O4. The number of likely N-dealkylation sites (N-methyl/N-ethyl adjacent to an activating group) is 1. The standard InChI is InChI=1S/C14H12O2.C8H8O.C6H12N2O.C3H9N.C2H6/c15-10-12-6-8-14(9-7-12)16-11-13-4-2-1-3-5-13;9-7-6-8-4-2-1-3-5-8;1-7-2-4-8(6-9)5-3-7;1-3-4-2;1-2/h1-10H,11H2;1-5,7H,6H2;6H,2-5H2,1H3;4H,3H2,1-2H3;1-2H3. The van der Waals surface area contributed by atoms with E-state index in [1.165, 1.54) is 0 Å². The maximum absolute atomic E-state index is 10.5. The maximum atomic E-state index is 10.5. The van der Waals surface area contributed by atoms with Crippen molar-refractivity contribution < 1.29 is 19.1 Å². The van der Waals surface area contributed by atoms with E-state index in [1.807, 2.05) is 81.6 Å². The lowest BCUT2D eigenvalue weighted by Crippen LogP contribution is -2.43. The number of nitrogens with one attached hydrogen (secondary N) is 1.